The van der Waals surface area contributed by atoms with E-state index in [0.29, 0.717) is 0 Å². The van der Waals surface area contributed by atoms with E-state index < -0.39 is 16.6 Å². The van der Waals surface area contributed by atoms with E-state index >= 15 is 0 Å². The van der Waals surface area contributed by atoms with Gasteiger partial charge in [0.1, 0.15) is 0 Å². The van der Waals surface area contributed by atoms with E-state index in [0.717, 1.165) is 6.42 Å². The zero-order valence-corrected chi connectivity index (χ0v) is 18.8. The summed E-state index contributed by atoms with van der Waals surface area (Å²) in [6.45, 7) is 24.5. The minimum Gasteiger partial charge on any atom is -0.411 e. The Labute approximate surface area is 141 Å². The van der Waals surface area contributed by atoms with Crippen LogP contribution in [0, 0.1) is 0 Å². The van der Waals surface area contributed by atoms with Crippen molar-refractivity contribution in [3.8, 4) is 0 Å². The van der Waals surface area contributed by atoms with Gasteiger partial charge in [0, 0.05) is 0 Å². The molecule has 0 fully saturated rings. The summed E-state index contributed by atoms with van der Waals surface area (Å²) in [4.78, 5) is 0. The highest BCUT2D eigenvalue weighted by Crippen LogP contribution is 2.40. The first-order valence-corrected chi connectivity index (χ1v) is 14.4. The molecule has 0 aromatic rings. The molecule has 0 aliphatic carbocycles. The molecule has 0 aliphatic heterocycles. The predicted molar refractivity (Wildman–Crippen MR) is 102 cm³/mol. The Morgan fingerprint density at radius 1 is 0.773 bits per heavy atom. The van der Waals surface area contributed by atoms with Gasteiger partial charge in [-0.15, -0.1) is 0 Å². The molecule has 0 heterocycles. The number of hydrogen-bond acceptors (Lipinski definition) is 3. The smallest absolute Gasteiger partial charge is 0.192 e. The Hall–Kier alpha value is 0.314. The molecule has 3 nitrogen and oxygen atoms in total. The number of hydrogen-bond donors (Lipinski definition) is 1. The van der Waals surface area contributed by atoms with Crippen LogP contribution in [0.1, 0.15) is 54.9 Å². The van der Waals surface area contributed by atoms with Crippen LogP contribution in [-0.2, 0) is 8.85 Å². The Morgan fingerprint density at radius 3 is 1.32 bits per heavy atom. The van der Waals surface area contributed by atoms with Crippen LogP contribution in [0.5, 0.6) is 0 Å². The average Bonchev–Trinajstić information content (AvgIpc) is 2.30. The lowest BCUT2D eigenvalue weighted by molar-refractivity contribution is -0.000765. The lowest BCUT2D eigenvalue weighted by Gasteiger charge is -2.44. The summed E-state index contributed by atoms with van der Waals surface area (Å²) in [5, 5.41) is 10.2. The minimum absolute atomic E-state index is 0.0274. The van der Waals surface area contributed by atoms with Gasteiger partial charge in [0.25, 0.3) is 0 Å². The van der Waals surface area contributed by atoms with E-state index in [1.165, 1.54) is 0 Å². The quantitative estimate of drug-likeness (QED) is 0.645. The number of aliphatic hydroxyl groups excluding tert-OH is 1. The summed E-state index contributed by atoms with van der Waals surface area (Å²) >= 11 is 0. The fourth-order valence-corrected chi connectivity index (χ4v) is 4.53. The molecular weight excluding hydrogens is 308 g/mol. The van der Waals surface area contributed by atoms with Crippen molar-refractivity contribution in [2.24, 2.45) is 0 Å². The molecule has 0 spiro atoms. The van der Waals surface area contributed by atoms with E-state index in [1.54, 1.807) is 0 Å². The van der Waals surface area contributed by atoms with Crippen molar-refractivity contribution >= 4 is 16.6 Å². The van der Waals surface area contributed by atoms with Crippen molar-refractivity contribution < 1.29 is 14.0 Å². The van der Waals surface area contributed by atoms with Crippen molar-refractivity contribution in [2.45, 2.75) is 103 Å². The molecule has 1 N–H and O–H groups in total. The van der Waals surface area contributed by atoms with Crippen molar-refractivity contribution in [3.63, 3.8) is 0 Å². The number of rotatable bonds is 7. The Morgan fingerprint density at radius 2 is 1.09 bits per heavy atom. The SMILES string of the molecule is CC[C@H](O[Si](C)(C)C(C)(C)C)[C@H](CO)O[Si](C)(C)C(C)(C)C. The standard InChI is InChI=1S/C17H40O3Si2/c1-12-14(19-21(8,9)16(2,3)4)15(13-18)20-22(10,11)17(5,6)7/h14-15,18H,12-13H2,1-11H3/t14-,15-/m0/s1. The maximum absolute atomic E-state index is 9.89. The molecule has 0 unspecified atom stereocenters. The van der Waals surface area contributed by atoms with Crippen LogP contribution >= 0.6 is 0 Å². The second-order valence-corrected chi connectivity index (χ2v) is 18.9. The molecule has 5 heteroatoms. The van der Waals surface area contributed by atoms with Crippen molar-refractivity contribution in [3.05, 3.63) is 0 Å². The van der Waals surface area contributed by atoms with Gasteiger partial charge < -0.3 is 14.0 Å². The molecule has 0 rings (SSSR count). The first kappa shape index (κ1) is 22.3. The molecule has 0 bridgehead atoms. The van der Waals surface area contributed by atoms with E-state index in [2.05, 4.69) is 74.7 Å². The topological polar surface area (TPSA) is 38.7 Å². The zero-order chi connectivity index (χ0) is 18.0. The number of aliphatic hydroxyl groups is 1. The van der Waals surface area contributed by atoms with Crippen LogP contribution in [-0.4, -0.2) is 40.6 Å². The Kier molecular flexibility index (Phi) is 7.58. The molecule has 0 saturated heterocycles. The summed E-state index contributed by atoms with van der Waals surface area (Å²) in [6.07, 6.45) is 0.617. The molecule has 0 saturated carbocycles. The average molecular weight is 349 g/mol. The van der Waals surface area contributed by atoms with E-state index in [9.17, 15) is 5.11 Å². The van der Waals surface area contributed by atoms with Gasteiger partial charge in [0.15, 0.2) is 16.6 Å². The van der Waals surface area contributed by atoms with Crippen LogP contribution in [0.25, 0.3) is 0 Å². The zero-order valence-electron chi connectivity index (χ0n) is 16.8. The first-order valence-electron chi connectivity index (χ1n) is 8.55. The van der Waals surface area contributed by atoms with Crippen LogP contribution in [0.2, 0.25) is 36.3 Å². The monoisotopic (exact) mass is 348 g/mol. The molecule has 0 aliphatic rings. The third-order valence-corrected chi connectivity index (χ3v) is 14.5. The fraction of sp³-hybridized carbons (Fsp3) is 1.00. The highest BCUT2D eigenvalue weighted by atomic mass is 28.4. The molecular formula is C17H40O3Si2. The molecule has 2 atom stereocenters. The third kappa shape index (κ3) is 5.75. The van der Waals surface area contributed by atoms with Gasteiger partial charge >= 0.3 is 0 Å². The fourth-order valence-electron chi connectivity index (χ4n) is 1.76. The molecule has 0 radical (unpaired) electrons. The van der Waals surface area contributed by atoms with Crippen LogP contribution in [0.4, 0.5) is 0 Å². The molecule has 0 amide bonds. The maximum Gasteiger partial charge on any atom is 0.192 e. The van der Waals surface area contributed by atoms with Gasteiger partial charge in [0.05, 0.1) is 18.8 Å². The largest absolute Gasteiger partial charge is 0.411 e. The molecule has 0 aromatic heterocycles. The summed E-state index contributed by atoms with van der Waals surface area (Å²) < 4.78 is 13.0. The predicted octanol–water partition coefficient (Wildman–Crippen LogP) is 5.17. The van der Waals surface area contributed by atoms with Gasteiger partial charge in [-0.3, -0.25) is 0 Å². The molecule has 22 heavy (non-hydrogen) atoms. The van der Waals surface area contributed by atoms with Crippen LogP contribution in [0.3, 0.4) is 0 Å². The van der Waals surface area contributed by atoms with E-state index in [1.807, 2.05) is 0 Å². The summed E-state index contributed by atoms with van der Waals surface area (Å²) in [5.74, 6) is 0. The van der Waals surface area contributed by atoms with Gasteiger partial charge in [0.2, 0.25) is 0 Å². The normalized spacial score (nSPS) is 17.5. The molecule has 134 valence electrons. The lowest BCUT2D eigenvalue weighted by Crippen LogP contribution is -2.52. The summed E-state index contributed by atoms with van der Waals surface area (Å²) in [6, 6.07) is 0. The van der Waals surface area contributed by atoms with Gasteiger partial charge in [-0.25, -0.2) is 0 Å². The second kappa shape index (κ2) is 7.47. The summed E-state index contributed by atoms with van der Waals surface area (Å²) in [5.41, 5.74) is 0. The highest BCUT2D eigenvalue weighted by Gasteiger charge is 2.44. The Bertz CT molecular complexity index is 307. The second-order valence-electron chi connectivity index (χ2n) is 9.42. The van der Waals surface area contributed by atoms with Gasteiger partial charge in [-0.05, 0) is 42.7 Å². The van der Waals surface area contributed by atoms with E-state index in [4.69, 9.17) is 8.85 Å². The van der Waals surface area contributed by atoms with Crippen molar-refractivity contribution in [2.75, 3.05) is 6.61 Å². The van der Waals surface area contributed by atoms with Crippen LogP contribution in [0.15, 0.2) is 0 Å². The minimum atomic E-state index is -1.91. The van der Waals surface area contributed by atoms with Crippen LogP contribution < -0.4 is 0 Å². The van der Waals surface area contributed by atoms with E-state index in [-0.39, 0.29) is 28.9 Å². The van der Waals surface area contributed by atoms with Gasteiger partial charge in [-0.2, -0.15) is 0 Å². The van der Waals surface area contributed by atoms with Crippen molar-refractivity contribution in [1.82, 2.24) is 0 Å². The molecule has 0 aromatic carbocycles. The third-order valence-electron chi connectivity index (χ3n) is 5.50. The lowest BCUT2D eigenvalue weighted by atomic mass is 10.2. The first-order chi connectivity index (χ1) is 9.59. The Balaban J connectivity index is 5.20. The van der Waals surface area contributed by atoms with Gasteiger partial charge in [-0.1, -0.05) is 48.5 Å². The summed E-state index contributed by atoms with van der Waals surface area (Å²) in [7, 11) is -3.78. The van der Waals surface area contributed by atoms with Crippen molar-refractivity contribution in [1.29, 1.82) is 0 Å². The maximum atomic E-state index is 9.89. The highest BCUT2D eigenvalue weighted by molar-refractivity contribution is 6.74.